The zero-order chi connectivity index (χ0) is 13.2. The molecule has 1 saturated heterocycles. The van der Waals surface area contributed by atoms with E-state index in [9.17, 15) is 5.11 Å². The molecule has 0 aliphatic carbocycles. The van der Waals surface area contributed by atoms with Crippen LogP contribution >= 0.6 is 0 Å². The van der Waals surface area contributed by atoms with Gasteiger partial charge in [-0.05, 0) is 37.3 Å². The van der Waals surface area contributed by atoms with Crippen molar-refractivity contribution in [2.45, 2.75) is 57.0 Å². The van der Waals surface area contributed by atoms with Gasteiger partial charge < -0.3 is 14.6 Å². The van der Waals surface area contributed by atoms with Gasteiger partial charge in [0.2, 0.25) is 0 Å². The van der Waals surface area contributed by atoms with Gasteiger partial charge in [0.05, 0.1) is 31.0 Å². The molecule has 4 unspecified atom stereocenters. The van der Waals surface area contributed by atoms with Gasteiger partial charge in [-0.1, -0.05) is 24.3 Å². The van der Waals surface area contributed by atoms with Crippen molar-refractivity contribution in [2.24, 2.45) is 0 Å². The summed E-state index contributed by atoms with van der Waals surface area (Å²) in [5, 5.41) is 10.3. The maximum absolute atomic E-state index is 10.3. The van der Waals surface area contributed by atoms with Gasteiger partial charge in [-0.2, -0.15) is 0 Å². The number of aliphatic hydroxyl groups excluding tert-OH is 1. The second-order valence-corrected chi connectivity index (χ2v) is 5.67. The molecule has 0 amide bonds. The van der Waals surface area contributed by atoms with E-state index in [-0.39, 0.29) is 18.3 Å². The van der Waals surface area contributed by atoms with Crippen molar-refractivity contribution in [3.8, 4) is 0 Å². The second-order valence-electron chi connectivity index (χ2n) is 5.67. The highest BCUT2D eigenvalue weighted by molar-refractivity contribution is 5.31. The summed E-state index contributed by atoms with van der Waals surface area (Å²) >= 11 is 0. The van der Waals surface area contributed by atoms with Crippen LogP contribution in [-0.4, -0.2) is 30.0 Å². The smallest absolute Gasteiger partial charge is 0.0853 e. The highest BCUT2D eigenvalue weighted by Gasteiger charge is 2.32. The molecule has 0 radical (unpaired) electrons. The molecule has 4 atom stereocenters. The van der Waals surface area contributed by atoms with Crippen LogP contribution < -0.4 is 0 Å². The quantitative estimate of drug-likeness (QED) is 0.910. The van der Waals surface area contributed by atoms with E-state index in [0.29, 0.717) is 6.42 Å². The zero-order valence-corrected chi connectivity index (χ0v) is 11.4. The van der Waals surface area contributed by atoms with Crippen LogP contribution in [0.4, 0.5) is 0 Å². The van der Waals surface area contributed by atoms with Gasteiger partial charge >= 0.3 is 0 Å². The highest BCUT2D eigenvalue weighted by atomic mass is 16.5. The van der Waals surface area contributed by atoms with Gasteiger partial charge in [-0.3, -0.25) is 0 Å². The minimum absolute atomic E-state index is 0.0134. The predicted octanol–water partition coefficient (Wildman–Crippen LogP) is 2.62. The summed E-state index contributed by atoms with van der Waals surface area (Å²) in [5.41, 5.74) is 2.59. The molecule has 0 aromatic heterocycles. The molecule has 1 fully saturated rings. The normalized spacial score (nSPS) is 32.0. The monoisotopic (exact) mass is 262 g/mol. The molecular formula is C16H22O3. The first-order valence-corrected chi connectivity index (χ1v) is 7.27. The number of fused-ring (bicyclic) bond motifs is 1. The Kier molecular flexibility index (Phi) is 3.87. The van der Waals surface area contributed by atoms with E-state index in [2.05, 4.69) is 25.1 Å². The standard InChI is InChI=1S/C16H22O3/c1-11-6-7-15(19-11)14(17)10-16-13-5-3-2-4-12(13)8-9-18-16/h2-5,11,14-17H,6-10H2,1H3. The number of hydrogen-bond donors (Lipinski definition) is 1. The van der Waals surface area contributed by atoms with Crippen LogP contribution in [0.2, 0.25) is 0 Å². The maximum atomic E-state index is 10.3. The highest BCUT2D eigenvalue weighted by Crippen LogP contribution is 2.33. The van der Waals surface area contributed by atoms with Crippen LogP contribution in [0.5, 0.6) is 0 Å². The van der Waals surface area contributed by atoms with E-state index in [0.717, 1.165) is 25.9 Å². The number of benzene rings is 1. The van der Waals surface area contributed by atoms with Crippen molar-refractivity contribution >= 4 is 0 Å². The molecular weight excluding hydrogens is 240 g/mol. The van der Waals surface area contributed by atoms with Crippen LogP contribution in [0.3, 0.4) is 0 Å². The molecule has 2 heterocycles. The van der Waals surface area contributed by atoms with E-state index < -0.39 is 6.10 Å². The molecule has 0 bridgehead atoms. The number of aliphatic hydroxyl groups is 1. The number of hydrogen-bond acceptors (Lipinski definition) is 3. The van der Waals surface area contributed by atoms with Crippen LogP contribution in [0.15, 0.2) is 24.3 Å². The molecule has 0 spiro atoms. The average molecular weight is 262 g/mol. The van der Waals surface area contributed by atoms with E-state index in [1.807, 2.05) is 6.07 Å². The third-order valence-corrected chi connectivity index (χ3v) is 4.24. The van der Waals surface area contributed by atoms with Gasteiger partial charge in [0.25, 0.3) is 0 Å². The molecule has 2 aliphatic heterocycles. The van der Waals surface area contributed by atoms with Gasteiger partial charge in [-0.15, -0.1) is 0 Å². The topological polar surface area (TPSA) is 38.7 Å². The van der Waals surface area contributed by atoms with Crippen molar-refractivity contribution in [1.29, 1.82) is 0 Å². The van der Waals surface area contributed by atoms with E-state index >= 15 is 0 Å². The third-order valence-electron chi connectivity index (χ3n) is 4.24. The molecule has 1 N–H and O–H groups in total. The van der Waals surface area contributed by atoms with Crippen molar-refractivity contribution in [1.82, 2.24) is 0 Å². The SMILES string of the molecule is CC1CCC(C(O)CC2OCCc3ccccc32)O1. The molecule has 1 aromatic carbocycles. The second kappa shape index (κ2) is 5.61. The first-order valence-electron chi connectivity index (χ1n) is 7.27. The summed E-state index contributed by atoms with van der Waals surface area (Å²) in [5.74, 6) is 0. The molecule has 1 aromatic rings. The van der Waals surface area contributed by atoms with Gasteiger partial charge in [0.1, 0.15) is 0 Å². The van der Waals surface area contributed by atoms with E-state index in [4.69, 9.17) is 9.47 Å². The lowest BCUT2D eigenvalue weighted by atomic mass is 9.92. The number of ether oxygens (including phenoxy) is 2. The largest absolute Gasteiger partial charge is 0.390 e. The van der Waals surface area contributed by atoms with E-state index in [1.54, 1.807) is 0 Å². The fraction of sp³-hybridized carbons (Fsp3) is 0.625. The summed E-state index contributed by atoms with van der Waals surface area (Å²) < 4.78 is 11.6. The van der Waals surface area contributed by atoms with Crippen molar-refractivity contribution in [3.63, 3.8) is 0 Å². The van der Waals surface area contributed by atoms with Gasteiger partial charge in [-0.25, -0.2) is 0 Å². The summed E-state index contributed by atoms with van der Waals surface area (Å²) in [7, 11) is 0. The lowest BCUT2D eigenvalue weighted by Crippen LogP contribution is -2.30. The van der Waals surface area contributed by atoms with Gasteiger partial charge in [0.15, 0.2) is 0 Å². The Hall–Kier alpha value is -0.900. The Morgan fingerprint density at radius 2 is 2.16 bits per heavy atom. The average Bonchev–Trinajstić information content (AvgIpc) is 2.86. The van der Waals surface area contributed by atoms with Crippen LogP contribution in [-0.2, 0) is 15.9 Å². The van der Waals surface area contributed by atoms with E-state index in [1.165, 1.54) is 11.1 Å². The minimum Gasteiger partial charge on any atom is -0.390 e. The zero-order valence-electron chi connectivity index (χ0n) is 11.4. The Morgan fingerprint density at radius 3 is 2.95 bits per heavy atom. The molecule has 19 heavy (non-hydrogen) atoms. The fourth-order valence-electron chi connectivity index (χ4n) is 3.16. The Labute approximate surface area is 114 Å². The Balaban J connectivity index is 1.67. The van der Waals surface area contributed by atoms with Crippen molar-refractivity contribution < 1.29 is 14.6 Å². The van der Waals surface area contributed by atoms with Crippen LogP contribution in [0, 0.1) is 0 Å². The Bertz CT molecular complexity index is 432. The van der Waals surface area contributed by atoms with Crippen LogP contribution in [0.25, 0.3) is 0 Å². The minimum atomic E-state index is -0.430. The van der Waals surface area contributed by atoms with Crippen molar-refractivity contribution in [3.05, 3.63) is 35.4 Å². The summed E-state index contributed by atoms with van der Waals surface area (Å²) in [4.78, 5) is 0. The van der Waals surface area contributed by atoms with Crippen molar-refractivity contribution in [2.75, 3.05) is 6.61 Å². The lowest BCUT2D eigenvalue weighted by Gasteiger charge is -2.29. The molecule has 3 rings (SSSR count). The number of rotatable bonds is 3. The molecule has 0 saturated carbocycles. The fourth-order valence-corrected chi connectivity index (χ4v) is 3.16. The summed E-state index contributed by atoms with van der Waals surface area (Å²) in [6.07, 6.45) is 3.45. The summed E-state index contributed by atoms with van der Waals surface area (Å²) in [6.45, 7) is 2.81. The first kappa shape index (κ1) is 13.1. The molecule has 3 heteroatoms. The van der Waals surface area contributed by atoms with Crippen LogP contribution in [0.1, 0.15) is 43.4 Å². The van der Waals surface area contributed by atoms with Gasteiger partial charge in [0, 0.05) is 6.42 Å². The molecule has 3 nitrogen and oxygen atoms in total. The third kappa shape index (κ3) is 2.83. The predicted molar refractivity (Wildman–Crippen MR) is 73.0 cm³/mol. The molecule has 2 aliphatic rings. The Morgan fingerprint density at radius 1 is 1.32 bits per heavy atom. The maximum Gasteiger partial charge on any atom is 0.0853 e. The lowest BCUT2D eigenvalue weighted by molar-refractivity contribution is -0.0620. The first-order chi connectivity index (χ1) is 9.24. The summed E-state index contributed by atoms with van der Waals surface area (Å²) in [6, 6.07) is 8.38. The molecule has 104 valence electrons.